The van der Waals surface area contributed by atoms with Gasteiger partial charge in [0.05, 0.1) is 25.3 Å². The number of hydrogen-bond acceptors (Lipinski definition) is 5. The lowest BCUT2D eigenvalue weighted by molar-refractivity contribution is -0.133. The molecule has 0 radical (unpaired) electrons. The van der Waals surface area contributed by atoms with Gasteiger partial charge in [-0.2, -0.15) is 5.26 Å². The molecule has 2 amide bonds. The number of methoxy groups -OCH3 is 1. The summed E-state index contributed by atoms with van der Waals surface area (Å²) in [6.07, 6.45) is 0.794. The molecular weight excluding hydrogens is 476 g/mol. The van der Waals surface area contributed by atoms with Crippen molar-refractivity contribution in [3.8, 4) is 22.9 Å². The van der Waals surface area contributed by atoms with Crippen LogP contribution in [0.3, 0.4) is 0 Å². The van der Waals surface area contributed by atoms with Gasteiger partial charge in [-0.3, -0.25) is 9.59 Å². The lowest BCUT2D eigenvalue weighted by atomic mass is 9.85. The summed E-state index contributed by atoms with van der Waals surface area (Å²) in [6.45, 7) is 5.37. The maximum absolute atomic E-state index is 12.8. The Hall–Kier alpha value is -4.15. The van der Waals surface area contributed by atoms with Crippen molar-refractivity contribution in [1.82, 2.24) is 15.5 Å². The molecule has 0 spiro atoms. The summed E-state index contributed by atoms with van der Waals surface area (Å²) in [5.41, 5.74) is 6.18. The number of benzene rings is 3. The van der Waals surface area contributed by atoms with Crippen LogP contribution in [0.5, 0.6) is 5.75 Å². The average molecular weight is 511 g/mol. The molecule has 0 unspecified atom stereocenters. The van der Waals surface area contributed by atoms with Gasteiger partial charge >= 0.3 is 0 Å². The summed E-state index contributed by atoms with van der Waals surface area (Å²) in [5.74, 6) is 0.667. The highest BCUT2D eigenvalue weighted by molar-refractivity contribution is 5.83. The summed E-state index contributed by atoms with van der Waals surface area (Å²) in [4.78, 5) is 25.9. The Morgan fingerprint density at radius 2 is 1.82 bits per heavy atom. The molecule has 0 aliphatic carbocycles. The van der Waals surface area contributed by atoms with Gasteiger partial charge in [0.25, 0.3) is 0 Å². The molecule has 4 rings (SSSR count). The van der Waals surface area contributed by atoms with Gasteiger partial charge in [0.1, 0.15) is 5.75 Å². The van der Waals surface area contributed by atoms with E-state index in [0.717, 1.165) is 34.4 Å². The predicted octanol–water partition coefficient (Wildman–Crippen LogP) is 4.15. The normalized spacial score (nSPS) is 16.9. The standard InChI is InChI=1S/C31H34N4O3/c1-21-26(25-11-9-23(17-32)10-12-25)13-14-30(38-3)27(21)18-34-29-15-16-35(31(37)19-33-22(2)36)20-28(29)24-7-5-4-6-8-24/h4-14,28-29,34H,15-16,18-20H2,1-3H3,(H,33,36)/t28-,29-/m0/s1. The number of carbonyl (C=O) groups is 2. The summed E-state index contributed by atoms with van der Waals surface area (Å²) in [7, 11) is 1.69. The molecule has 0 aromatic heterocycles. The van der Waals surface area contributed by atoms with Crippen LogP contribution in [-0.4, -0.2) is 49.5 Å². The molecule has 3 aromatic rings. The van der Waals surface area contributed by atoms with E-state index in [2.05, 4.69) is 41.8 Å². The van der Waals surface area contributed by atoms with Crippen LogP contribution in [0.15, 0.2) is 66.7 Å². The lowest BCUT2D eigenvalue weighted by Gasteiger charge is -2.39. The second kappa shape index (κ2) is 12.4. The first-order valence-electron chi connectivity index (χ1n) is 12.9. The Labute approximate surface area is 224 Å². The largest absolute Gasteiger partial charge is 0.496 e. The van der Waals surface area contributed by atoms with Crippen molar-refractivity contribution in [1.29, 1.82) is 5.26 Å². The third kappa shape index (κ3) is 6.21. The van der Waals surface area contributed by atoms with Gasteiger partial charge in [0.15, 0.2) is 0 Å². The Kier molecular flexibility index (Phi) is 8.77. The first-order chi connectivity index (χ1) is 18.4. The van der Waals surface area contributed by atoms with Crippen molar-refractivity contribution in [2.24, 2.45) is 0 Å². The number of nitrogens with zero attached hydrogens (tertiary/aromatic N) is 2. The fourth-order valence-electron chi connectivity index (χ4n) is 5.19. The maximum Gasteiger partial charge on any atom is 0.241 e. The van der Waals surface area contributed by atoms with E-state index in [9.17, 15) is 9.59 Å². The van der Waals surface area contributed by atoms with Crippen LogP contribution in [0.25, 0.3) is 11.1 Å². The molecule has 2 N–H and O–H groups in total. The fourth-order valence-corrected chi connectivity index (χ4v) is 5.19. The van der Waals surface area contributed by atoms with Crippen LogP contribution in [-0.2, 0) is 16.1 Å². The monoisotopic (exact) mass is 510 g/mol. The molecule has 1 aliphatic rings. The number of hydrogen-bond donors (Lipinski definition) is 2. The predicted molar refractivity (Wildman–Crippen MR) is 148 cm³/mol. The van der Waals surface area contributed by atoms with E-state index in [1.165, 1.54) is 12.5 Å². The SMILES string of the molecule is COc1ccc(-c2ccc(C#N)cc2)c(C)c1CN[C@H]1CCN(C(=O)CNC(C)=O)C[C@H]1c1ccccc1. The lowest BCUT2D eigenvalue weighted by Crippen LogP contribution is -2.51. The number of nitriles is 1. The van der Waals surface area contributed by atoms with Crippen LogP contribution < -0.4 is 15.4 Å². The quantitative estimate of drug-likeness (QED) is 0.475. The minimum absolute atomic E-state index is 0.0213. The Balaban J connectivity index is 1.55. The van der Waals surface area contributed by atoms with Crippen molar-refractivity contribution < 1.29 is 14.3 Å². The number of piperidine rings is 1. The summed E-state index contributed by atoms with van der Waals surface area (Å²) in [6, 6.07) is 24.3. The van der Waals surface area contributed by atoms with E-state index < -0.39 is 0 Å². The molecule has 38 heavy (non-hydrogen) atoms. The zero-order chi connectivity index (χ0) is 27.1. The molecule has 1 heterocycles. The summed E-state index contributed by atoms with van der Waals surface area (Å²) in [5, 5.41) is 15.5. The molecule has 7 nitrogen and oxygen atoms in total. The smallest absolute Gasteiger partial charge is 0.241 e. The molecule has 0 bridgehead atoms. The molecule has 1 saturated heterocycles. The number of rotatable bonds is 8. The highest BCUT2D eigenvalue weighted by Crippen LogP contribution is 2.33. The number of amides is 2. The van der Waals surface area contributed by atoms with Crippen LogP contribution in [0.1, 0.15) is 41.5 Å². The zero-order valence-corrected chi connectivity index (χ0v) is 22.2. The van der Waals surface area contributed by atoms with Gasteiger partial charge in [-0.15, -0.1) is 0 Å². The molecule has 7 heteroatoms. The van der Waals surface area contributed by atoms with Crippen LogP contribution in [0, 0.1) is 18.3 Å². The molecule has 1 fully saturated rings. The number of carbonyl (C=O) groups excluding carboxylic acids is 2. The van der Waals surface area contributed by atoms with Crippen molar-refractivity contribution in [2.75, 3.05) is 26.7 Å². The van der Waals surface area contributed by atoms with E-state index in [1.807, 2.05) is 53.4 Å². The van der Waals surface area contributed by atoms with E-state index in [4.69, 9.17) is 10.00 Å². The molecule has 3 aromatic carbocycles. The summed E-state index contributed by atoms with van der Waals surface area (Å²) >= 11 is 0. The minimum Gasteiger partial charge on any atom is -0.496 e. The number of ether oxygens (including phenoxy) is 1. The third-order valence-electron chi connectivity index (χ3n) is 7.32. The van der Waals surface area contributed by atoms with Crippen LogP contribution >= 0.6 is 0 Å². The Morgan fingerprint density at radius 3 is 2.47 bits per heavy atom. The molecule has 1 aliphatic heterocycles. The van der Waals surface area contributed by atoms with Gasteiger partial charge in [0, 0.05) is 44.1 Å². The van der Waals surface area contributed by atoms with Crippen LogP contribution in [0.2, 0.25) is 0 Å². The third-order valence-corrected chi connectivity index (χ3v) is 7.32. The molecule has 2 atom stereocenters. The Bertz CT molecular complexity index is 1320. The molecule has 0 saturated carbocycles. The average Bonchev–Trinajstić information content (AvgIpc) is 2.95. The van der Waals surface area contributed by atoms with E-state index in [0.29, 0.717) is 25.2 Å². The van der Waals surface area contributed by atoms with E-state index in [-0.39, 0.29) is 30.3 Å². The van der Waals surface area contributed by atoms with Crippen molar-refractivity contribution in [3.63, 3.8) is 0 Å². The number of likely N-dealkylation sites (tertiary alicyclic amines) is 1. The first-order valence-corrected chi connectivity index (χ1v) is 12.9. The second-order valence-corrected chi connectivity index (χ2v) is 9.65. The van der Waals surface area contributed by atoms with Crippen LogP contribution in [0.4, 0.5) is 0 Å². The first kappa shape index (κ1) is 26.9. The minimum atomic E-state index is -0.206. The van der Waals surface area contributed by atoms with Crippen molar-refractivity contribution in [2.45, 2.75) is 38.8 Å². The van der Waals surface area contributed by atoms with Gasteiger partial charge in [-0.05, 0) is 53.8 Å². The topological polar surface area (TPSA) is 94.5 Å². The van der Waals surface area contributed by atoms with Gasteiger partial charge < -0.3 is 20.3 Å². The fraction of sp³-hybridized carbons (Fsp3) is 0.323. The molecule has 196 valence electrons. The van der Waals surface area contributed by atoms with Crippen molar-refractivity contribution >= 4 is 11.8 Å². The highest BCUT2D eigenvalue weighted by Gasteiger charge is 2.32. The van der Waals surface area contributed by atoms with Gasteiger partial charge in [-0.1, -0.05) is 48.5 Å². The highest BCUT2D eigenvalue weighted by atomic mass is 16.5. The second-order valence-electron chi connectivity index (χ2n) is 9.65. The van der Waals surface area contributed by atoms with Crippen molar-refractivity contribution in [3.05, 3.63) is 89.0 Å². The summed E-state index contributed by atoms with van der Waals surface area (Å²) < 4.78 is 5.73. The Morgan fingerprint density at radius 1 is 1.08 bits per heavy atom. The number of nitrogens with one attached hydrogen (secondary N) is 2. The van der Waals surface area contributed by atoms with Gasteiger partial charge in [-0.25, -0.2) is 0 Å². The van der Waals surface area contributed by atoms with Gasteiger partial charge in [0.2, 0.25) is 11.8 Å². The molecular formula is C31H34N4O3. The van der Waals surface area contributed by atoms with E-state index >= 15 is 0 Å². The zero-order valence-electron chi connectivity index (χ0n) is 22.2. The maximum atomic E-state index is 12.8. The van der Waals surface area contributed by atoms with E-state index in [1.54, 1.807) is 7.11 Å².